The fourth-order valence-corrected chi connectivity index (χ4v) is 1.01. The minimum atomic E-state index is -1.79. The molecule has 0 aliphatic carbocycles. The molecule has 1 saturated heterocycles. The predicted molar refractivity (Wildman–Crippen MR) is 32.5 cm³/mol. The molecular formula is C6H10F2O3. The summed E-state index contributed by atoms with van der Waals surface area (Å²) in [5.74, 6) is 0. The second kappa shape index (κ2) is 3.42. The molecule has 0 bridgehead atoms. The van der Waals surface area contributed by atoms with Gasteiger partial charge in [0.05, 0.1) is 6.61 Å². The van der Waals surface area contributed by atoms with Gasteiger partial charge in [-0.05, 0) is 0 Å². The van der Waals surface area contributed by atoms with E-state index in [1.807, 2.05) is 0 Å². The molecule has 1 rings (SSSR count). The average molecular weight is 168 g/mol. The van der Waals surface area contributed by atoms with E-state index in [1.165, 1.54) is 7.11 Å². The normalized spacial score (nSPS) is 44.7. The van der Waals surface area contributed by atoms with Crippen molar-refractivity contribution in [1.82, 2.24) is 0 Å². The molecule has 1 fully saturated rings. The summed E-state index contributed by atoms with van der Waals surface area (Å²) in [4.78, 5) is 0. The molecule has 11 heavy (non-hydrogen) atoms. The Balaban J connectivity index is 2.53. The van der Waals surface area contributed by atoms with Crippen LogP contribution in [0.15, 0.2) is 0 Å². The number of aliphatic hydroxyl groups excluding tert-OH is 1. The van der Waals surface area contributed by atoms with Crippen molar-refractivity contribution in [1.29, 1.82) is 0 Å². The van der Waals surface area contributed by atoms with E-state index in [1.54, 1.807) is 0 Å². The number of hydrogen-bond donors (Lipinski definition) is 1. The molecule has 4 atom stereocenters. The van der Waals surface area contributed by atoms with Crippen LogP contribution in [0.25, 0.3) is 0 Å². The van der Waals surface area contributed by atoms with Gasteiger partial charge in [0, 0.05) is 7.11 Å². The molecular weight excluding hydrogens is 158 g/mol. The molecule has 1 aliphatic rings. The maximum Gasteiger partial charge on any atom is 0.192 e. The highest BCUT2D eigenvalue weighted by Crippen LogP contribution is 2.26. The zero-order valence-electron chi connectivity index (χ0n) is 6.04. The summed E-state index contributed by atoms with van der Waals surface area (Å²) in [6.07, 6.45) is -5.85. The topological polar surface area (TPSA) is 38.7 Å². The summed E-state index contributed by atoms with van der Waals surface area (Å²) in [6.45, 7) is -0.526. The van der Waals surface area contributed by atoms with Gasteiger partial charge in [0.1, 0.15) is 6.10 Å². The van der Waals surface area contributed by atoms with Crippen molar-refractivity contribution in [2.75, 3.05) is 13.7 Å². The van der Waals surface area contributed by atoms with Crippen LogP contribution in [0.4, 0.5) is 8.78 Å². The minimum absolute atomic E-state index is 0.526. The lowest BCUT2D eigenvalue weighted by Gasteiger charge is -2.08. The van der Waals surface area contributed by atoms with Crippen molar-refractivity contribution < 1.29 is 23.4 Å². The molecule has 0 unspecified atom stereocenters. The van der Waals surface area contributed by atoms with Gasteiger partial charge in [0.25, 0.3) is 0 Å². The van der Waals surface area contributed by atoms with Crippen LogP contribution in [0, 0.1) is 0 Å². The lowest BCUT2D eigenvalue weighted by atomic mass is 10.2. The Bertz CT molecular complexity index is 115. The molecule has 3 nitrogen and oxygen atoms in total. The van der Waals surface area contributed by atoms with Crippen LogP contribution in [-0.4, -0.2) is 43.6 Å². The van der Waals surface area contributed by atoms with Gasteiger partial charge in [-0.25, -0.2) is 8.78 Å². The van der Waals surface area contributed by atoms with Gasteiger partial charge in [0.15, 0.2) is 18.6 Å². The summed E-state index contributed by atoms with van der Waals surface area (Å²) >= 11 is 0. The van der Waals surface area contributed by atoms with Crippen LogP contribution >= 0.6 is 0 Å². The van der Waals surface area contributed by atoms with Crippen LogP contribution in [0.2, 0.25) is 0 Å². The summed E-state index contributed by atoms with van der Waals surface area (Å²) in [6, 6.07) is 0. The highest BCUT2D eigenvalue weighted by molar-refractivity contribution is 4.86. The third-order valence-corrected chi connectivity index (χ3v) is 1.64. The van der Waals surface area contributed by atoms with Crippen LogP contribution in [-0.2, 0) is 9.47 Å². The Labute approximate surface area is 62.9 Å². The van der Waals surface area contributed by atoms with E-state index in [9.17, 15) is 8.78 Å². The van der Waals surface area contributed by atoms with E-state index in [0.717, 1.165) is 0 Å². The number of rotatable bonds is 2. The van der Waals surface area contributed by atoms with Crippen LogP contribution < -0.4 is 0 Å². The zero-order chi connectivity index (χ0) is 8.43. The molecule has 1 heterocycles. The van der Waals surface area contributed by atoms with Gasteiger partial charge in [-0.15, -0.1) is 0 Å². The second-order valence-electron chi connectivity index (χ2n) is 2.35. The van der Waals surface area contributed by atoms with Crippen molar-refractivity contribution in [3.63, 3.8) is 0 Å². The number of ether oxygens (including phenoxy) is 2. The summed E-state index contributed by atoms with van der Waals surface area (Å²) in [5, 5.41) is 8.48. The first kappa shape index (κ1) is 8.83. The first-order chi connectivity index (χ1) is 5.20. The third-order valence-electron chi connectivity index (χ3n) is 1.64. The fraction of sp³-hybridized carbons (Fsp3) is 1.00. The Morgan fingerprint density at radius 3 is 2.36 bits per heavy atom. The highest BCUT2D eigenvalue weighted by Gasteiger charge is 2.45. The summed E-state index contributed by atoms with van der Waals surface area (Å²) in [5.41, 5.74) is 0. The first-order valence-corrected chi connectivity index (χ1v) is 3.28. The highest BCUT2D eigenvalue weighted by atomic mass is 19.2. The third kappa shape index (κ3) is 1.50. The Hall–Kier alpha value is -0.260. The molecule has 66 valence electrons. The maximum absolute atomic E-state index is 12.7. The predicted octanol–water partition coefficient (Wildman–Crippen LogP) is 0.0262. The fourth-order valence-electron chi connectivity index (χ4n) is 1.01. The van der Waals surface area contributed by atoms with Gasteiger partial charge in [0.2, 0.25) is 0 Å². The van der Waals surface area contributed by atoms with Gasteiger partial charge in [-0.2, -0.15) is 0 Å². The molecule has 0 spiro atoms. The molecule has 0 saturated carbocycles. The molecule has 0 radical (unpaired) electrons. The first-order valence-electron chi connectivity index (χ1n) is 3.28. The molecule has 1 N–H and O–H groups in total. The van der Waals surface area contributed by atoms with Gasteiger partial charge >= 0.3 is 0 Å². The molecule has 0 amide bonds. The maximum atomic E-state index is 12.7. The SMILES string of the molecule is CO[C@@H]1O[C@H](CO)[C@@H](F)[C@H]1F. The van der Waals surface area contributed by atoms with Gasteiger partial charge in [-0.1, -0.05) is 0 Å². The summed E-state index contributed by atoms with van der Waals surface area (Å²) in [7, 11) is 1.23. The van der Waals surface area contributed by atoms with Crippen molar-refractivity contribution in [2.24, 2.45) is 0 Å². The van der Waals surface area contributed by atoms with Gasteiger partial charge < -0.3 is 14.6 Å². The van der Waals surface area contributed by atoms with E-state index in [-0.39, 0.29) is 0 Å². The average Bonchev–Trinajstić information content (AvgIpc) is 2.30. The molecule has 1 aliphatic heterocycles. The number of alkyl halides is 2. The Kier molecular flexibility index (Phi) is 2.75. The molecule has 0 aromatic rings. The lowest BCUT2D eigenvalue weighted by molar-refractivity contribution is -0.141. The number of aliphatic hydroxyl groups is 1. The molecule has 0 aromatic carbocycles. The largest absolute Gasteiger partial charge is 0.394 e. The van der Waals surface area contributed by atoms with Crippen molar-refractivity contribution in [2.45, 2.75) is 24.7 Å². The number of methoxy groups -OCH3 is 1. The minimum Gasteiger partial charge on any atom is -0.394 e. The molecule has 0 aromatic heterocycles. The second-order valence-corrected chi connectivity index (χ2v) is 2.35. The van der Waals surface area contributed by atoms with E-state index in [4.69, 9.17) is 5.11 Å². The number of hydrogen-bond acceptors (Lipinski definition) is 3. The van der Waals surface area contributed by atoms with E-state index in [0.29, 0.717) is 0 Å². The molecule has 5 heteroatoms. The van der Waals surface area contributed by atoms with Crippen molar-refractivity contribution in [3.05, 3.63) is 0 Å². The van der Waals surface area contributed by atoms with E-state index in [2.05, 4.69) is 9.47 Å². The van der Waals surface area contributed by atoms with Crippen LogP contribution in [0.3, 0.4) is 0 Å². The standard InChI is InChI=1S/C6H10F2O3/c1-10-6-5(8)4(7)3(2-9)11-6/h3-6,9H,2H2,1H3/t3-,4-,5-,6-/m1/s1. The Morgan fingerprint density at radius 2 is 2.09 bits per heavy atom. The van der Waals surface area contributed by atoms with E-state index < -0.39 is 31.3 Å². The lowest BCUT2D eigenvalue weighted by Crippen LogP contribution is -2.27. The van der Waals surface area contributed by atoms with E-state index >= 15 is 0 Å². The Morgan fingerprint density at radius 1 is 1.45 bits per heavy atom. The monoisotopic (exact) mass is 168 g/mol. The van der Waals surface area contributed by atoms with Crippen molar-refractivity contribution >= 4 is 0 Å². The van der Waals surface area contributed by atoms with Crippen LogP contribution in [0.1, 0.15) is 0 Å². The van der Waals surface area contributed by atoms with Gasteiger partial charge in [-0.3, -0.25) is 0 Å². The summed E-state index contributed by atoms with van der Waals surface area (Å²) < 4.78 is 34.5. The smallest absolute Gasteiger partial charge is 0.192 e. The zero-order valence-corrected chi connectivity index (χ0v) is 6.04. The quantitative estimate of drug-likeness (QED) is 0.632. The van der Waals surface area contributed by atoms with Crippen molar-refractivity contribution in [3.8, 4) is 0 Å². The number of halogens is 2. The van der Waals surface area contributed by atoms with Crippen LogP contribution in [0.5, 0.6) is 0 Å².